The van der Waals surface area contributed by atoms with E-state index in [9.17, 15) is 4.79 Å². The molecule has 1 atom stereocenters. The van der Waals surface area contributed by atoms with E-state index >= 15 is 0 Å². The van der Waals surface area contributed by atoms with Crippen LogP contribution in [-0.4, -0.2) is 41.6 Å². The fourth-order valence-electron chi connectivity index (χ4n) is 2.70. The summed E-state index contributed by atoms with van der Waals surface area (Å²) in [5.74, 6) is 0.471. The molecule has 2 rings (SSSR count). The maximum Gasteiger partial charge on any atom is 0.182 e. The van der Waals surface area contributed by atoms with Gasteiger partial charge in [0, 0.05) is 45.5 Å². The second-order valence-corrected chi connectivity index (χ2v) is 6.91. The molecule has 7 heteroatoms. The lowest BCUT2D eigenvalue weighted by Gasteiger charge is -2.08. The molecule has 1 heterocycles. The molecule has 0 aliphatic rings. The number of ketones is 1. The molecule has 0 saturated heterocycles. The second-order valence-electron chi connectivity index (χ2n) is 6.91. The smallest absolute Gasteiger partial charge is 0.182 e. The minimum absolute atomic E-state index is 0. The van der Waals surface area contributed by atoms with E-state index in [1.54, 1.807) is 37.9 Å². The zero-order valence-corrected chi connectivity index (χ0v) is 20.1. The van der Waals surface area contributed by atoms with Crippen LogP contribution in [0.15, 0.2) is 73.4 Å². The third kappa shape index (κ3) is 9.95. The highest BCUT2D eigenvalue weighted by atomic mass is 16.1. The Morgan fingerprint density at radius 3 is 2.61 bits per heavy atom. The van der Waals surface area contributed by atoms with Gasteiger partial charge in [0.2, 0.25) is 0 Å². The van der Waals surface area contributed by atoms with Gasteiger partial charge in [-0.25, -0.2) is 9.97 Å². The molecular formula is C26H38N6O. The summed E-state index contributed by atoms with van der Waals surface area (Å²) in [5, 5.41) is 16.5. The van der Waals surface area contributed by atoms with Crippen LogP contribution < -0.4 is 16.0 Å². The average molecular weight is 451 g/mol. The second kappa shape index (κ2) is 16.0. The van der Waals surface area contributed by atoms with Crippen molar-refractivity contribution in [3.05, 3.63) is 78.9 Å². The zero-order valence-electron chi connectivity index (χ0n) is 20.1. The summed E-state index contributed by atoms with van der Waals surface area (Å²) in [6.07, 6.45) is 12.7. The van der Waals surface area contributed by atoms with E-state index in [4.69, 9.17) is 5.41 Å². The van der Waals surface area contributed by atoms with Gasteiger partial charge in [0.05, 0.1) is 24.1 Å². The first-order valence-corrected chi connectivity index (χ1v) is 11.2. The number of allylic oxidation sites excluding steroid dienone is 2. The summed E-state index contributed by atoms with van der Waals surface area (Å²) in [4.78, 5) is 21.2. The lowest BCUT2D eigenvalue weighted by atomic mass is 10.0. The Labute approximate surface area is 199 Å². The van der Waals surface area contributed by atoms with Crippen molar-refractivity contribution in [3.8, 4) is 11.4 Å². The van der Waals surface area contributed by atoms with Crippen LogP contribution in [0.2, 0.25) is 0 Å². The van der Waals surface area contributed by atoms with Crippen LogP contribution in [0.1, 0.15) is 34.2 Å². The molecule has 1 unspecified atom stereocenters. The third-order valence-electron chi connectivity index (χ3n) is 4.36. The van der Waals surface area contributed by atoms with Gasteiger partial charge in [0.15, 0.2) is 11.6 Å². The Bertz CT molecular complexity index is 941. The van der Waals surface area contributed by atoms with Crippen molar-refractivity contribution in [1.29, 1.82) is 5.41 Å². The molecule has 0 aliphatic carbocycles. The number of carbonyl (C=O) groups excluding carboxylic acids is 1. The van der Waals surface area contributed by atoms with Gasteiger partial charge in [0.1, 0.15) is 0 Å². The summed E-state index contributed by atoms with van der Waals surface area (Å²) < 4.78 is 0. The minimum atomic E-state index is -0.287. The van der Waals surface area contributed by atoms with Gasteiger partial charge in [-0.1, -0.05) is 45.5 Å². The fourth-order valence-corrected chi connectivity index (χ4v) is 2.70. The number of hydrogen-bond donors (Lipinski definition) is 4. The van der Waals surface area contributed by atoms with Crippen LogP contribution in [0.3, 0.4) is 0 Å². The number of carbonyl (C=O) groups is 1. The van der Waals surface area contributed by atoms with Crippen LogP contribution in [0.5, 0.6) is 0 Å². The lowest BCUT2D eigenvalue weighted by molar-refractivity contribution is -0.111. The fraction of sp³-hybridized carbons (Fsp3) is 0.308. The number of benzene rings is 1. The van der Waals surface area contributed by atoms with E-state index in [2.05, 4.69) is 39.4 Å². The first-order chi connectivity index (χ1) is 16.1. The molecule has 0 bridgehead atoms. The van der Waals surface area contributed by atoms with Crippen LogP contribution in [0.4, 0.5) is 5.69 Å². The predicted octanol–water partition coefficient (Wildman–Crippen LogP) is 4.76. The van der Waals surface area contributed by atoms with Gasteiger partial charge in [-0.2, -0.15) is 0 Å². The number of aromatic nitrogens is 2. The van der Waals surface area contributed by atoms with Crippen LogP contribution in [0, 0.1) is 5.41 Å². The number of hydrogen-bond acceptors (Lipinski definition) is 7. The molecule has 33 heavy (non-hydrogen) atoms. The van der Waals surface area contributed by atoms with Crippen molar-refractivity contribution >= 4 is 17.7 Å². The Morgan fingerprint density at radius 2 is 1.97 bits per heavy atom. The highest BCUT2D eigenvalue weighted by Crippen LogP contribution is 2.19. The lowest BCUT2D eigenvalue weighted by Crippen LogP contribution is -2.23. The van der Waals surface area contributed by atoms with Crippen molar-refractivity contribution in [2.45, 2.75) is 39.7 Å². The van der Waals surface area contributed by atoms with Gasteiger partial charge in [-0.3, -0.25) is 4.79 Å². The van der Waals surface area contributed by atoms with Crippen LogP contribution in [0.25, 0.3) is 11.4 Å². The molecule has 1 aromatic carbocycles. The molecule has 2 aromatic rings. The number of nitrogens with zero attached hydrogens (tertiary/aromatic N) is 2. The van der Waals surface area contributed by atoms with E-state index in [1.807, 2.05) is 38.1 Å². The third-order valence-corrected chi connectivity index (χ3v) is 4.36. The first-order valence-electron chi connectivity index (χ1n) is 11.2. The van der Waals surface area contributed by atoms with E-state index in [0.717, 1.165) is 29.8 Å². The quantitative estimate of drug-likeness (QED) is 0.259. The van der Waals surface area contributed by atoms with Crippen LogP contribution in [-0.2, 0) is 11.2 Å². The Kier molecular flexibility index (Phi) is 13.2. The molecule has 7 nitrogen and oxygen atoms in total. The van der Waals surface area contributed by atoms with Gasteiger partial charge < -0.3 is 21.4 Å². The molecule has 0 saturated carbocycles. The van der Waals surface area contributed by atoms with Crippen molar-refractivity contribution < 1.29 is 6.22 Å². The van der Waals surface area contributed by atoms with E-state index in [0.29, 0.717) is 17.8 Å². The molecule has 1 aromatic heterocycles. The Morgan fingerprint density at radius 1 is 1.24 bits per heavy atom. The highest BCUT2D eigenvalue weighted by Gasteiger charge is 2.08. The molecule has 0 fully saturated rings. The van der Waals surface area contributed by atoms with Gasteiger partial charge >= 0.3 is 0 Å². The summed E-state index contributed by atoms with van der Waals surface area (Å²) in [6, 6.07) is 7.51. The zero-order chi connectivity index (χ0) is 24.5. The van der Waals surface area contributed by atoms with Gasteiger partial charge in [0.25, 0.3) is 0 Å². The van der Waals surface area contributed by atoms with Crippen molar-refractivity contribution in [3.63, 3.8) is 0 Å². The molecule has 0 spiro atoms. The minimum Gasteiger partial charge on any atom is -0.394 e. The van der Waals surface area contributed by atoms with Gasteiger partial charge in [-0.15, -0.1) is 0 Å². The van der Waals surface area contributed by atoms with Gasteiger partial charge in [-0.05, 0) is 35.9 Å². The first kappa shape index (κ1) is 27.3. The van der Waals surface area contributed by atoms with E-state index < -0.39 is 0 Å². The van der Waals surface area contributed by atoms with Crippen LogP contribution >= 0.6 is 0 Å². The Balaban J connectivity index is 0.00000353. The topological polar surface area (TPSA) is 103 Å². The van der Waals surface area contributed by atoms with E-state index in [1.165, 1.54) is 12.3 Å². The molecule has 0 aliphatic heterocycles. The van der Waals surface area contributed by atoms with Crippen molar-refractivity contribution in [2.75, 3.05) is 18.9 Å². The summed E-state index contributed by atoms with van der Waals surface area (Å²) in [7, 11) is 1.78. The van der Waals surface area contributed by atoms with Crippen molar-refractivity contribution in [2.24, 2.45) is 0 Å². The molecular weight excluding hydrogens is 412 g/mol. The number of rotatable bonds is 13. The predicted molar refractivity (Wildman–Crippen MR) is 141 cm³/mol. The highest BCUT2D eigenvalue weighted by molar-refractivity contribution is 6.03. The maximum absolute atomic E-state index is 12.4. The molecule has 178 valence electrons. The summed E-state index contributed by atoms with van der Waals surface area (Å²) >= 11 is 0. The number of anilines is 1. The largest absolute Gasteiger partial charge is 0.394 e. The average Bonchev–Trinajstić information content (AvgIpc) is 2.86. The maximum atomic E-state index is 12.4. The van der Waals surface area contributed by atoms with E-state index in [-0.39, 0.29) is 13.3 Å². The molecule has 0 radical (unpaired) electrons. The molecule has 4 N–H and O–H groups in total. The normalized spacial score (nSPS) is 11.4. The SMILES string of the molecule is C=C(Cc1cccc(-c2ncc(NCCC)cn2)c1)C(=O)/C=C\NC(C=N)C=CNC.CC.[HH]. The summed E-state index contributed by atoms with van der Waals surface area (Å²) in [5.41, 5.74) is 3.23. The summed E-state index contributed by atoms with van der Waals surface area (Å²) in [6.45, 7) is 10.9. The standard InChI is InChI=1S/C24H30N6O.C2H6.H2/c1-4-10-27-22-16-29-24(30-17-22)20-7-5-6-19(14-20)13-18(2)23(31)9-12-28-21(15-25)8-11-26-3;1-2;/h5-9,11-12,14-17,21,25-28H,2,4,10,13H2,1,3H3;1-2H3;1H/b11-8?,12-9-,25-15?;;. The Hall–Kier alpha value is -3.74. The van der Waals surface area contributed by atoms with Crippen molar-refractivity contribution in [1.82, 2.24) is 20.6 Å². The molecule has 0 amide bonds. The monoisotopic (exact) mass is 450 g/mol. The number of nitrogens with one attached hydrogen (secondary N) is 4.